The zero-order valence-corrected chi connectivity index (χ0v) is 11.3. The third-order valence-electron chi connectivity index (χ3n) is 2.24. The molecule has 0 saturated heterocycles. The van der Waals surface area contributed by atoms with Crippen LogP contribution in [0.15, 0.2) is 27.2 Å². The Morgan fingerprint density at radius 1 is 1.53 bits per heavy atom. The number of nitrogens with zero attached hydrogens (tertiary/aromatic N) is 2. The summed E-state index contributed by atoms with van der Waals surface area (Å²) in [6.07, 6.45) is 0.682. The smallest absolute Gasteiger partial charge is 0.260 e. The molecule has 1 heterocycles. The second-order valence-corrected chi connectivity index (χ2v) is 4.90. The van der Waals surface area contributed by atoms with E-state index >= 15 is 0 Å². The molecule has 0 aliphatic rings. The molecule has 2 rings (SSSR count). The van der Waals surface area contributed by atoms with Crippen LogP contribution >= 0.6 is 27.5 Å². The molecule has 1 atom stereocenters. The van der Waals surface area contributed by atoms with Crippen molar-refractivity contribution in [3.63, 3.8) is 0 Å². The van der Waals surface area contributed by atoms with Crippen LogP contribution in [0, 0.1) is 5.82 Å². The van der Waals surface area contributed by atoms with Crippen molar-refractivity contribution in [2.24, 2.45) is 0 Å². The summed E-state index contributed by atoms with van der Waals surface area (Å²) in [7, 11) is 0. The summed E-state index contributed by atoms with van der Waals surface area (Å²) in [5, 5.41) is 3.42. The van der Waals surface area contributed by atoms with E-state index in [2.05, 4.69) is 26.1 Å². The number of hydrogen-bond donors (Lipinski definition) is 0. The van der Waals surface area contributed by atoms with Crippen LogP contribution in [0.1, 0.15) is 24.5 Å². The molecule has 0 radical (unpaired) electrons. The average molecular weight is 320 g/mol. The van der Waals surface area contributed by atoms with Crippen LogP contribution in [0.5, 0.6) is 0 Å². The molecule has 0 amide bonds. The molecule has 0 fully saturated rings. The van der Waals surface area contributed by atoms with Crippen LogP contribution in [0.25, 0.3) is 11.5 Å². The van der Waals surface area contributed by atoms with Gasteiger partial charge in [-0.15, -0.1) is 11.6 Å². The molecule has 1 unspecified atom stereocenters. The maximum Gasteiger partial charge on any atom is 0.260 e. The van der Waals surface area contributed by atoms with Crippen molar-refractivity contribution in [2.75, 3.05) is 0 Å². The summed E-state index contributed by atoms with van der Waals surface area (Å²) in [5.41, 5.74) is 0.262. The average Bonchev–Trinajstić information content (AvgIpc) is 2.80. The van der Waals surface area contributed by atoms with E-state index in [9.17, 15) is 4.39 Å². The minimum atomic E-state index is -0.411. The molecule has 0 N–H and O–H groups in total. The van der Waals surface area contributed by atoms with Gasteiger partial charge in [0.1, 0.15) is 5.82 Å². The standard InChI is InChI=1S/C11H9BrClFN2O/c1-2-8(13)10-15-11(17-16-10)7-5-6(12)3-4-9(7)14/h3-5,8H,2H2,1H3. The third-order valence-corrected chi connectivity index (χ3v) is 3.24. The van der Waals surface area contributed by atoms with Gasteiger partial charge in [-0.25, -0.2) is 4.39 Å². The number of hydrogen-bond acceptors (Lipinski definition) is 3. The second kappa shape index (κ2) is 5.14. The van der Waals surface area contributed by atoms with Crippen LogP contribution in [0.4, 0.5) is 4.39 Å². The molecule has 3 nitrogen and oxygen atoms in total. The van der Waals surface area contributed by atoms with E-state index in [1.165, 1.54) is 6.07 Å². The van der Waals surface area contributed by atoms with Gasteiger partial charge in [-0.1, -0.05) is 28.0 Å². The summed E-state index contributed by atoms with van der Waals surface area (Å²) >= 11 is 9.23. The van der Waals surface area contributed by atoms with E-state index in [0.29, 0.717) is 12.2 Å². The Bertz CT molecular complexity index is 532. The molecule has 90 valence electrons. The van der Waals surface area contributed by atoms with E-state index in [0.717, 1.165) is 4.47 Å². The summed E-state index contributed by atoms with van der Waals surface area (Å²) in [6.45, 7) is 1.91. The first-order valence-electron chi connectivity index (χ1n) is 5.05. The highest BCUT2D eigenvalue weighted by Gasteiger charge is 2.17. The van der Waals surface area contributed by atoms with Gasteiger partial charge in [0.05, 0.1) is 10.9 Å². The van der Waals surface area contributed by atoms with E-state index in [-0.39, 0.29) is 16.8 Å². The van der Waals surface area contributed by atoms with E-state index in [1.54, 1.807) is 12.1 Å². The lowest BCUT2D eigenvalue weighted by atomic mass is 10.2. The fourth-order valence-corrected chi connectivity index (χ4v) is 1.77. The predicted octanol–water partition coefficient (Wildman–Crippen LogP) is 4.33. The van der Waals surface area contributed by atoms with Gasteiger partial charge in [0.25, 0.3) is 5.89 Å². The van der Waals surface area contributed by atoms with Crippen LogP contribution in [-0.2, 0) is 0 Å². The molecular weight excluding hydrogens is 310 g/mol. The highest BCUT2D eigenvalue weighted by Crippen LogP contribution is 2.27. The second-order valence-electron chi connectivity index (χ2n) is 3.46. The van der Waals surface area contributed by atoms with Crippen LogP contribution < -0.4 is 0 Å². The van der Waals surface area contributed by atoms with Crippen molar-refractivity contribution in [3.8, 4) is 11.5 Å². The molecule has 0 saturated carbocycles. The lowest BCUT2D eigenvalue weighted by molar-refractivity contribution is 0.419. The van der Waals surface area contributed by atoms with Gasteiger partial charge in [-0.3, -0.25) is 0 Å². The molecule has 1 aromatic carbocycles. The van der Waals surface area contributed by atoms with Crippen molar-refractivity contribution < 1.29 is 8.91 Å². The molecule has 0 aliphatic heterocycles. The molecule has 0 bridgehead atoms. The number of benzene rings is 1. The fourth-order valence-electron chi connectivity index (χ4n) is 1.32. The Morgan fingerprint density at radius 3 is 3.00 bits per heavy atom. The first-order valence-corrected chi connectivity index (χ1v) is 6.28. The monoisotopic (exact) mass is 318 g/mol. The van der Waals surface area contributed by atoms with Crippen molar-refractivity contribution in [1.82, 2.24) is 10.1 Å². The Balaban J connectivity index is 2.40. The number of rotatable bonds is 3. The molecule has 0 aliphatic carbocycles. The van der Waals surface area contributed by atoms with E-state index in [1.807, 2.05) is 6.92 Å². The van der Waals surface area contributed by atoms with E-state index in [4.69, 9.17) is 16.1 Å². The van der Waals surface area contributed by atoms with Crippen molar-refractivity contribution >= 4 is 27.5 Å². The third kappa shape index (κ3) is 2.66. The molecule has 2 aromatic rings. The van der Waals surface area contributed by atoms with Crippen LogP contribution in [-0.4, -0.2) is 10.1 Å². The zero-order chi connectivity index (χ0) is 12.4. The summed E-state index contributed by atoms with van der Waals surface area (Å²) in [4.78, 5) is 4.08. The molecular formula is C11H9BrClFN2O. The number of aromatic nitrogens is 2. The topological polar surface area (TPSA) is 38.9 Å². The normalized spacial score (nSPS) is 12.7. The van der Waals surface area contributed by atoms with Crippen LogP contribution in [0.2, 0.25) is 0 Å². The lowest BCUT2D eigenvalue weighted by Crippen LogP contribution is -1.91. The van der Waals surface area contributed by atoms with E-state index < -0.39 is 5.82 Å². The minimum Gasteiger partial charge on any atom is -0.334 e. The molecule has 17 heavy (non-hydrogen) atoms. The van der Waals surface area contributed by atoms with Gasteiger partial charge >= 0.3 is 0 Å². The Kier molecular flexibility index (Phi) is 3.79. The van der Waals surface area contributed by atoms with Crippen molar-refractivity contribution in [2.45, 2.75) is 18.7 Å². The molecule has 1 aromatic heterocycles. The van der Waals surface area contributed by atoms with Crippen LogP contribution in [0.3, 0.4) is 0 Å². The van der Waals surface area contributed by atoms with Gasteiger partial charge in [0, 0.05) is 4.47 Å². The Labute approximate surface area is 111 Å². The van der Waals surface area contributed by atoms with Gasteiger partial charge in [0.15, 0.2) is 5.82 Å². The predicted molar refractivity (Wildman–Crippen MR) is 66.3 cm³/mol. The summed E-state index contributed by atoms with van der Waals surface area (Å²) in [6, 6.07) is 4.52. The molecule has 6 heteroatoms. The van der Waals surface area contributed by atoms with Gasteiger partial charge in [0.2, 0.25) is 0 Å². The largest absolute Gasteiger partial charge is 0.334 e. The first kappa shape index (κ1) is 12.5. The fraction of sp³-hybridized carbons (Fsp3) is 0.273. The van der Waals surface area contributed by atoms with Gasteiger partial charge < -0.3 is 4.52 Å². The number of halogens is 3. The highest BCUT2D eigenvalue weighted by atomic mass is 79.9. The molecule has 0 spiro atoms. The van der Waals surface area contributed by atoms with Gasteiger partial charge in [-0.05, 0) is 24.6 Å². The SMILES string of the molecule is CCC(Cl)c1noc(-c2cc(Br)ccc2F)n1. The lowest BCUT2D eigenvalue weighted by Gasteiger charge is -1.98. The minimum absolute atomic E-state index is 0.137. The highest BCUT2D eigenvalue weighted by molar-refractivity contribution is 9.10. The maximum absolute atomic E-state index is 13.6. The van der Waals surface area contributed by atoms with Crippen molar-refractivity contribution in [1.29, 1.82) is 0 Å². The number of alkyl halides is 1. The summed E-state index contributed by atoms with van der Waals surface area (Å²) in [5.74, 6) is 0.104. The Hall–Kier alpha value is -0.940. The van der Waals surface area contributed by atoms with Crippen molar-refractivity contribution in [3.05, 3.63) is 34.3 Å². The summed E-state index contributed by atoms with van der Waals surface area (Å²) < 4.78 is 19.3. The quantitative estimate of drug-likeness (QED) is 0.791. The Morgan fingerprint density at radius 2 is 2.29 bits per heavy atom. The maximum atomic E-state index is 13.6. The van der Waals surface area contributed by atoms with Gasteiger partial charge in [-0.2, -0.15) is 4.98 Å². The zero-order valence-electron chi connectivity index (χ0n) is 8.95. The first-order chi connectivity index (χ1) is 8.11.